The van der Waals surface area contributed by atoms with Gasteiger partial charge >= 0.3 is 0 Å². The van der Waals surface area contributed by atoms with E-state index in [0.29, 0.717) is 13.0 Å². The number of guanidine groups is 1. The SMILES string of the molecule is CN=C(NCCc1cnn(C)c1)NCc1ccc(N2CCCC2=O)cc1. The number of aromatic nitrogens is 2. The van der Waals surface area contributed by atoms with E-state index in [-0.39, 0.29) is 5.91 Å². The fourth-order valence-electron chi connectivity index (χ4n) is 3.05. The van der Waals surface area contributed by atoms with Crippen molar-refractivity contribution in [2.75, 3.05) is 25.0 Å². The molecule has 0 spiro atoms. The van der Waals surface area contributed by atoms with Gasteiger partial charge in [-0.2, -0.15) is 5.10 Å². The van der Waals surface area contributed by atoms with Gasteiger partial charge in [-0.05, 0) is 36.1 Å². The number of benzene rings is 1. The Morgan fingerprint density at radius 2 is 2.04 bits per heavy atom. The Labute approximate surface area is 154 Å². The summed E-state index contributed by atoms with van der Waals surface area (Å²) in [6.45, 7) is 2.30. The highest BCUT2D eigenvalue weighted by Gasteiger charge is 2.21. The zero-order chi connectivity index (χ0) is 18.4. The molecule has 0 radical (unpaired) electrons. The normalized spacial score (nSPS) is 14.8. The fourth-order valence-corrected chi connectivity index (χ4v) is 3.05. The molecule has 0 aliphatic carbocycles. The van der Waals surface area contributed by atoms with Gasteiger partial charge in [0.1, 0.15) is 0 Å². The molecule has 0 saturated carbocycles. The van der Waals surface area contributed by atoms with Gasteiger partial charge in [0.15, 0.2) is 5.96 Å². The van der Waals surface area contributed by atoms with Crippen molar-refractivity contribution < 1.29 is 4.79 Å². The minimum Gasteiger partial charge on any atom is -0.356 e. The van der Waals surface area contributed by atoms with Crippen LogP contribution in [0, 0.1) is 0 Å². The number of nitrogens with zero attached hydrogens (tertiary/aromatic N) is 4. The highest BCUT2D eigenvalue weighted by Crippen LogP contribution is 2.21. The summed E-state index contributed by atoms with van der Waals surface area (Å²) in [6.07, 6.45) is 6.40. The maximum atomic E-state index is 11.8. The lowest BCUT2D eigenvalue weighted by Gasteiger charge is -2.16. The Morgan fingerprint density at radius 1 is 1.23 bits per heavy atom. The lowest BCUT2D eigenvalue weighted by molar-refractivity contribution is -0.117. The maximum Gasteiger partial charge on any atom is 0.227 e. The molecular weight excluding hydrogens is 328 g/mol. The van der Waals surface area contributed by atoms with Gasteiger partial charge in [0.2, 0.25) is 5.91 Å². The summed E-state index contributed by atoms with van der Waals surface area (Å²) in [5.41, 5.74) is 3.33. The number of amides is 1. The third-order valence-corrected chi connectivity index (χ3v) is 4.47. The molecule has 1 aromatic heterocycles. The first-order chi connectivity index (χ1) is 12.7. The van der Waals surface area contributed by atoms with Gasteiger partial charge in [-0.1, -0.05) is 12.1 Å². The van der Waals surface area contributed by atoms with Gasteiger partial charge < -0.3 is 15.5 Å². The Kier molecular flexibility index (Phi) is 5.88. The van der Waals surface area contributed by atoms with Crippen LogP contribution in [0.2, 0.25) is 0 Å². The molecule has 1 aliphatic rings. The molecule has 1 fully saturated rings. The van der Waals surface area contributed by atoms with E-state index in [9.17, 15) is 4.79 Å². The summed E-state index contributed by atoms with van der Waals surface area (Å²) in [6, 6.07) is 8.13. The van der Waals surface area contributed by atoms with Gasteiger partial charge in [0.05, 0.1) is 6.20 Å². The van der Waals surface area contributed by atoms with Crippen LogP contribution in [0.4, 0.5) is 5.69 Å². The number of anilines is 1. The first-order valence-corrected chi connectivity index (χ1v) is 8.97. The molecule has 2 N–H and O–H groups in total. The van der Waals surface area contributed by atoms with Gasteiger partial charge in [0, 0.05) is 52.0 Å². The highest BCUT2D eigenvalue weighted by atomic mass is 16.2. The van der Waals surface area contributed by atoms with Crippen LogP contribution in [0.1, 0.15) is 24.0 Å². The first-order valence-electron chi connectivity index (χ1n) is 8.97. The Hall–Kier alpha value is -2.83. The molecule has 2 aromatic rings. The van der Waals surface area contributed by atoms with E-state index in [1.54, 1.807) is 7.05 Å². The van der Waals surface area contributed by atoms with Crippen LogP contribution in [0.5, 0.6) is 0 Å². The Morgan fingerprint density at radius 3 is 2.65 bits per heavy atom. The Bertz CT molecular complexity index is 765. The smallest absolute Gasteiger partial charge is 0.227 e. The van der Waals surface area contributed by atoms with Crippen molar-refractivity contribution in [3.8, 4) is 0 Å². The quantitative estimate of drug-likeness (QED) is 0.608. The molecule has 138 valence electrons. The van der Waals surface area contributed by atoms with Gasteiger partial charge in [-0.3, -0.25) is 14.5 Å². The molecule has 0 unspecified atom stereocenters. The van der Waals surface area contributed by atoms with Crippen LogP contribution in [0.3, 0.4) is 0 Å². The zero-order valence-electron chi connectivity index (χ0n) is 15.4. The number of carbonyl (C=O) groups is 1. The average molecular weight is 354 g/mol. The van der Waals surface area contributed by atoms with Crippen molar-refractivity contribution in [3.05, 3.63) is 47.8 Å². The van der Waals surface area contributed by atoms with Crippen LogP contribution in [-0.2, 0) is 24.8 Å². The largest absolute Gasteiger partial charge is 0.356 e. The van der Waals surface area contributed by atoms with Crippen molar-refractivity contribution in [1.82, 2.24) is 20.4 Å². The summed E-state index contributed by atoms with van der Waals surface area (Å²) in [7, 11) is 3.68. The third-order valence-electron chi connectivity index (χ3n) is 4.47. The molecule has 1 amide bonds. The summed E-state index contributed by atoms with van der Waals surface area (Å²) < 4.78 is 1.81. The van der Waals surface area contributed by atoms with Crippen molar-refractivity contribution >= 4 is 17.6 Å². The average Bonchev–Trinajstić information content (AvgIpc) is 3.26. The van der Waals surface area contributed by atoms with Gasteiger partial charge in [0.25, 0.3) is 0 Å². The van der Waals surface area contributed by atoms with Crippen molar-refractivity contribution in [2.24, 2.45) is 12.0 Å². The molecular formula is C19H26N6O. The minimum absolute atomic E-state index is 0.217. The molecule has 3 rings (SSSR count). The molecule has 7 heteroatoms. The van der Waals surface area contributed by atoms with Crippen LogP contribution in [-0.4, -0.2) is 41.8 Å². The fraction of sp³-hybridized carbons (Fsp3) is 0.421. The molecule has 26 heavy (non-hydrogen) atoms. The van der Waals surface area contributed by atoms with Crippen LogP contribution < -0.4 is 15.5 Å². The second-order valence-electron chi connectivity index (χ2n) is 6.44. The van der Waals surface area contributed by atoms with Crippen molar-refractivity contribution in [3.63, 3.8) is 0 Å². The number of aliphatic imine (C=N–C) groups is 1. The topological polar surface area (TPSA) is 74.6 Å². The lowest BCUT2D eigenvalue weighted by Crippen LogP contribution is -2.37. The summed E-state index contributed by atoms with van der Waals surface area (Å²) in [5, 5.41) is 10.8. The summed E-state index contributed by atoms with van der Waals surface area (Å²) in [4.78, 5) is 17.9. The van der Waals surface area contributed by atoms with E-state index in [1.165, 1.54) is 5.56 Å². The minimum atomic E-state index is 0.217. The van der Waals surface area contributed by atoms with Gasteiger partial charge in [-0.25, -0.2) is 0 Å². The number of hydrogen-bond acceptors (Lipinski definition) is 3. The number of carbonyl (C=O) groups excluding carboxylic acids is 1. The molecule has 2 heterocycles. The summed E-state index contributed by atoms with van der Waals surface area (Å²) >= 11 is 0. The number of hydrogen-bond donors (Lipinski definition) is 2. The van der Waals surface area contributed by atoms with Crippen molar-refractivity contribution in [2.45, 2.75) is 25.8 Å². The second kappa shape index (κ2) is 8.51. The molecule has 1 saturated heterocycles. The maximum absolute atomic E-state index is 11.8. The summed E-state index contributed by atoms with van der Waals surface area (Å²) in [5.74, 6) is 0.988. The van der Waals surface area contributed by atoms with Crippen LogP contribution in [0.25, 0.3) is 0 Å². The number of nitrogens with one attached hydrogen (secondary N) is 2. The predicted octanol–water partition coefficient (Wildman–Crippen LogP) is 1.45. The molecule has 0 atom stereocenters. The van der Waals surface area contributed by atoms with Gasteiger partial charge in [-0.15, -0.1) is 0 Å². The highest BCUT2D eigenvalue weighted by molar-refractivity contribution is 5.95. The predicted molar refractivity (Wildman–Crippen MR) is 103 cm³/mol. The third kappa shape index (κ3) is 4.62. The second-order valence-corrected chi connectivity index (χ2v) is 6.44. The molecule has 7 nitrogen and oxygen atoms in total. The molecule has 1 aromatic carbocycles. The Balaban J connectivity index is 1.45. The lowest BCUT2D eigenvalue weighted by atomic mass is 10.2. The van der Waals surface area contributed by atoms with E-state index in [1.807, 2.05) is 41.2 Å². The standard InChI is InChI=1S/C19H26N6O/c1-20-19(21-10-9-16-13-23-24(2)14-16)22-12-15-5-7-17(8-6-15)25-11-3-4-18(25)26/h5-8,13-14H,3-4,9-12H2,1-2H3,(H2,20,21,22). The first kappa shape index (κ1) is 18.0. The molecule has 1 aliphatic heterocycles. The van der Waals surface area contributed by atoms with E-state index in [4.69, 9.17) is 0 Å². The van der Waals surface area contributed by atoms with E-state index < -0.39 is 0 Å². The van der Waals surface area contributed by atoms with Crippen LogP contribution >= 0.6 is 0 Å². The zero-order valence-corrected chi connectivity index (χ0v) is 15.4. The van der Waals surface area contributed by atoms with Crippen molar-refractivity contribution in [1.29, 1.82) is 0 Å². The van der Waals surface area contributed by atoms with Crippen LogP contribution in [0.15, 0.2) is 41.7 Å². The van der Waals surface area contributed by atoms with E-state index in [0.717, 1.165) is 43.1 Å². The van der Waals surface area contributed by atoms with E-state index in [2.05, 4.69) is 32.9 Å². The monoisotopic (exact) mass is 354 g/mol. The number of rotatable bonds is 6. The molecule has 0 bridgehead atoms. The number of aryl methyl sites for hydroxylation is 1. The van der Waals surface area contributed by atoms with E-state index >= 15 is 0 Å².